The SMILES string of the molecule is Cc1cccc(Nc2nnc(-c3ccc(Oc4cc(N)nc(N)n4)cc3)s2)c1. The maximum Gasteiger partial charge on any atom is 0.226 e. The molecule has 9 heteroatoms. The first-order chi connectivity index (χ1) is 13.5. The van der Waals surface area contributed by atoms with Crippen LogP contribution in [0.5, 0.6) is 11.6 Å². The van der Waals surface area contributed by atoms with Gasteiger partial charge in [-0.25, -0.2) is 0 Å². The van der Waals surface area contributed by atoms with Gasteiger partial charge in [0.2, 0.25) is 17.0 Å². The van der Waals surface area contributed by atoms with E-state index in [2.05, 4.69) is 31.5 Å². The third-order valence-electron chi connectivity index (χ3n) is 3.76. The van der Waals surface area contributed by atoms with E-state index >= 15 is 0 Å². The van der Waals surface area contributed by atoms with E-state index in [0.717, 1.165) is 21.4 Å². The zero-order valence-electron chi connectivity index (χ0n) is 15.0. The quantitative estimate of drug-likeness (QED) is 0.466. The van der Waals surface area contributed by atoms with Crippen LogP contribution in [0.4, 0.5) is 22.6 Å². The molecular weight excluding hydrogens is 374 g/mol. The topological polar surface area (TPSA) is 125 Å². The van der Waals surface area contributed by atoms with E-state index in [0.29, 0.717) is 11.6 Å². The van der Waals surface area contributed by atoms with Gasteiger partial charge in [-0.1, -0.05) is 23.5 Å². The van der Waals surface area contributed by atoms with Gasteiger partial charge in [0.05, 0.1) is 0 Å². The maximum atomic E-state index is 5.67. The van der Waals surface area contributed by atoms with E-state index in [1.54, 1.807) is 0 Å². The van der Waals surface area contributed by atoms with Gasteiger partial charge in [-0.05, 0) is 48.9 Å². The third kappa shape index (κ3) is 4.15. The van der Waals surface area contributed by atoms with Crippen LogP contribution < -0.4 is 21.5 Å². The fraction of sp³-hybridized carbons (Fsp3) is 0.0526. The predicted molar refractivity (Wildman–Crippen MR) is 111 cm³/mol. The number of anilines is 4. The second-order valence-corrected chi connectivity index (χ2v) is 7.00. The summed E-state index contributed by atoms with van der Waals surface area (Å²) < 4.78 is 5.67. The molecule has 0 radical (unpaired) electrons. The molecule has 5 N–H and O–H groups in total. The minimum absolute atomic E-state index is 0.0640. The summed E-state index contributed by atoms with van der Waals surface area (Å²) in [4.78, 5) is 7.81. The van der Waals surface area contributed by atoms with Crippen LogP contribution in [0.15, 0.2) is 54.6 Å². The zero-order valence-corrected chi connectivity index (χ0v) is 15.8. The van der Waals surface area contributed by atoms with Gasteiger partial charge < -0.3 is 21.5 Å². The Balaban J connectivity index is 1.47. The summed E-state index contributed by atoms with van der Waals surface area (Å²) in [7, 11) is 0. The van der Waals surface area contributed by atoms with E-state index in [1.165, 1.54) is 23.0 Å². The Morgan fingerprint density at radius 3 is 2.54 bits per heavy atom. The molecule has 140 valence electrons. The smallest absolute Gasteiger partial charge is 0.226 e. The van der Waals surface area contributed by atoms with Crippen molar-refractivity contribution >= 4 is 33.9 Å². The van der Waals surface area contributed by atoms with Gasteiger partial charge >= 0.3 is 0 Å². The first kappa shape index (κ1) is 17.7. The van der Waals surface area contributed by atoms with Gasteiger partial charge in [0.15, 0.2) is 0 Å². The van der Waals surface area contributed by atoms with Gasteiger partial charge in [-0.15, -0.1) is 10.2 Å². The molecule has 0 bridgehead atoms. The first-order valence-corrected chi connectivity index (χ1v) is 9.22. The number of aryl methyl sites for hydroxylation is 1. The van der Waals surface area contributed by atoms with Crippen molar-refractivity contribution < 1.29 is 4.74 Å². The van der Waals surface area contributed by atoms with Gasteiger partial charge in [0, 0.05) is 17.3 Å². The molecule has 0 saturated heterocycles. The molecule has 0 aliphatic rings. The van der Waals surface area contributed by atoms with E-state index < -0.39 is 0 Å². The Kier molecular flexibility index (Phi) is 4.73. The second-order valence-electron chi connectivity index (χ2n) is 6.02. The summed E-state index contributed by atoms with van der Waals surface area (Å²) in [5.41, 5.74) is 14.3. The fourth-order valence-electron chi connectivity index (χ4n) is 2.54. The molecule has 2 aromatic carbocycles. The first-order valence-electron chi connectivity index (χ1n) is 8.41. The normalized spacial score (nSPS) is 10.6. The van der Waals surface area contributed by atoms with Crippen molar-refractivity contribution in [1.82, 2.24) is 20.2 Å². The molecule has 4 rings (SSSR count). The number of hydrogen-bond donors (Lipinski definition) is 3. The molecule has 0 amide bonds. The number of nitrogens with one attached hydrogen (secondary N) is 1. The van der Waals surface area contributed by atoms with Crippen molar-refractivity contribution in [3.05, 3.63) is 60.2 Å². The van der Waals surface area contributed by atoms with E-state index in [9.17, 15) is 0 Å². The van der Waals surface area contributed by atoms with Crippen LogP contribution in [-0.4, -0.2) is 20.2 Å². The standard InChI is InChI=1S/C19H17N7OS/c1-11-3-2-4-13(9-11)22-19-26-25-17(28-19)12-5-7-14(8-6-12)27-16-10-15(20)23-18(21)24-16/h2-10H,1H3,(H,22,26)(H4,20,21,23,24). The second kappa shape index (κ2) is 7.49. The number of benzene rings is 2. The molecule has 0 atom stereocenters. The van der Waals surface area contributed by atoms with Crippen LogP contribution in [0.1, 0.15) is 5.56 Å². The van der Waals surface area contributed by atoms with Crippen LogP contribution in [0.25, 0.3) is 10.6 Å². The van der Waals surface area contributed by atoms with Gasteiger partial charge in [-0.2, -0.15) is 9.97 Å². The molecule has 4 aromatic rings. The molecule has 2 aromatic heterocycles. The number of ether oxygens (including phenoxy) is 1. The van der Waals surface area contributed by atoms with E-state index in [1.807, 2.05) is 49.4 Å². The molecule has 0 aliphatic heterocycles. The van der Waals surface area contributed by atoms with Crippen molar-refractivity contribution in [2.24, 2.45) is 0 Å². The lowest BCUT2D eigenvalue weighted by Crippen LogP contribution is -2.00. The average Bonchev–Trinajstić information content (AvgIpc) is 3.10. The Hall–Kier alpha value is -3.72. The van der Waals surface area contributed by atoms with Crippen molar-refractivity contribution in [2.75, 3.05) is 16.8 Å². The highest BCUT2D eigenvalue weighted by Gasteiger charge is 2.08. The highest BCUT2D eigenvalue weighted by atomic mass is 32.1. The monoisotopic (exact) mass is 391 g/mol. The largest absolute Gasteiger partial charge is 0.439 e. The Morgan fingerprint density at radius 2 is 1.79 bits per heavy atom. The average molecular weight is 391 g/mol. The molecule has 0 unspecified atom stereocenters. The molecule has 0 saturated carbocycles. The Bertz CT molecular complexity index is 1090. The lowest BCUT2D eigenvalue weighted by molar-refractivity contribution is 0.463. The van der Waals surface area contributed by atoms with E-state index in [4.69, 9.17) is 16.2 Å². The number of rotatable bonds is 5. The summed E-state index contributed by atoms with van der Waals surface area (Å²) >= 11 is 1.47. The highest BCUT2D eigenvalue weighted by Crippen LogP contribution is 2.30. The highest BCUT2D eigenvalue weighted by molar-refractivity contribution is 7.18. The predicted octanol–water partition coefficient (Wildman–Crippen LogP) is 4.00. The van der Waals surface area contributed by atoms with Gasteiger partial charge in [0.1, 0.15) is 16.6 Å². The molecule has 28 heavy (non-hydrogen) atoms. The number of nitrogens with zero attached hydrogens (tertiary/aromatic N) is 4. The number of aromatic nitrogens is 4. The summed E-state index contributed by atoms with van der Waals surface area (Å²) in [5.74, 6) is 1.21. The number of nitrogen functional groups attached to an aromatic ring is 2. The Labute approximate surface area is 165 Å². The van der Waals surface area contributed by atoms with Crippen LogP contribution in [0.2, 0.25) is 0 Å². The lowest BCUT2D eigenvalue weighted by atomic mass is 10.2. The van der Waals surface area contributed by atoms with Crippen molar-refractivity contribution in [1.29, 1.82) is 0 Å². The number of hydrogen-bond acceptors (Lipinski definition) is 9. The van der Waals surface area contributed by atoms with Crippen LogP contribution >= 0.6 is 11.3 Å². The maximum absolute atomic E-state index is 5.67. The van der Waals surface area contributed by atoms with Crippen LogP contribution in [0.3, 0.4) is 0 Å². The van der Waals surface area contributed by atoms with Crippen molar-refractivity contribution in [2.45, 2.75) is 6.92 Å². The van der Waals surface area contributed by atoms with Gasteiger partial charge in [-0.3, -0.25) is 0 Å². The summed E-state index contributed by atoms with van der Waals surface area (Å²) in [6, 6.07) is 17.0. The zero-order chi connectivity index (χ0) is 19.5. The van der Waals surface area contributed by atoms with Crippen LogP contribution in [-0.2, 0) is 0 Å². The minimum atomic E-state index is 0.0640. The molecule has 0 spiro atoms. The van der Waals surface area contributed by atoms with Gasteiger partial charge in [0.25, 0.3) is 0 Å². The molecule has 2 heterocycles. The molecule has 0 aliphatic carbocycles. The Morgan fingerprint density at radius 1 is 0.964 bits per heavy atom. The number of nitrogens with two attached hydrogens (primary N) is 2. The molecule has 0 fully saturated rings. The summed E-state index contributed by atoms with van der Waals surface area (Å²) in [6.45, 7) is 2.05. The molecule has 8 nitrogen and oxygen atoms in total. The van der Waals surface area contributed by atoms with Crippen molar-refractivity contribution in [3.8, 4) is 22.2 Å². The summed E-state index contributed by atoms with van der Waals surface area (Å²) in [5, 5.41) is 13.3. The minimum Gasteiger partial charge on any atom is -0.439 e. The molecular formula is C19H17N7OS. The third-order valence-corrected chi connectivity index (χ3v) is 4.65. The lowest BCUT2D eigenvalue weighted by Gasteiger charge is -2.06. The van der Waals surface area contributed by atoms with Crippen LogP contribution in [0, 0.1) is 6.92 Å². The fourth-order valence-corrected chi connectivity index (χ4v) is 3.31. The van der Waals surface area contributed by atoms with E-state index in [-0.39, 0.29) is 11.8 Å². The summed E-state index contributed by atoms with van der Waals surface area (Å²) in [6.07, 6.45) is 0. The van der Waals surface area contributed by atoms with Crippen molar-refractivity contribution in [3.63, 3.8) is 0 Å².